The van der Waals surface area contributed by atoms with E-state index in [2.05, 4.69) is 44.3 Å². The van der Waals surface area contributed by atoms with Crippen molar-refractivity contribution in [3.05, 3.63) is 36.0 Å². The second kappa shape index (κ2) is 30.8. The van der Waals surface area contributed by atoms with Crippen molar-refractivity contribution in [3.8, 4) is 0 Å². The van der Waals surface area contributed by atoms with Gasteiger partial charge in [-0.1, -0.05) is 153 Å². The number of carbonyl (C=O) groups is 1. The van der Waals surface area contributed by atoms with Crippen molar-refractivity contribution in [1.29, 1.82) is 0 Å². The van der Waals surface area contributed by atoms with Crippen LogP contribution >= 0.6 is 0 Å². The smallest absolute Gasteiger partial charge is 0.249 e. The molecule has 1 fully saturated rings. The molecule has 8 atom stereocenters. The highest BCUT2D eigenvalue weighted by Gasteiger charge is 2.44. The van der Waals surface area contributed by atoms with Gasteiger partial charge in [0.05, 0.1) is 25.4 Å². The quantitative estimate of drug-likeness (QED) is 0.0246. The summed E-state index contributed by atoms with van der Waals surface area (Å²) in [6.07, 6.45) is 23.4. The number of rotatable bonds is 31. The topological polar surface area (TPSA) is 169 Å². The van der Waals surface area contributed by atoms with Gasteiger partial charge in [0.2, 0.25) is 5.91 Å². The van der Waals surface area contributed by atoms with Gasteiger partial charge < -0.3 is 45.4 Å². The molecule has 1 aliphatic rings. The van der Waals surface area contributed by atoms with Gasteiger partial charge in [0.1, 0.15) is 30.5 Å². The summed E-state index contributed by atoms with van der Waals surface area (Å²) in [7, 11) is 0. The molecule has 298 valence electrons. The number of hydrogen-bond acceptors (Lipinski definition) is 9. The van der Waals surface area contributed by atoms with Crippen molar-refractivity contribution in [3.63, 3.8) is 0 Å². The molecular formula is C41H75NO9. The second-order valence-electron chi connectivity index (χ2n) is 14.4. The summed E-state index contributed by atoms with van der Waals surface area (Å²) in [5, 5.41) is 64.4. The van der Waals surface area contributed by atoms with Gasteiger partial charge in [0.25, 0.3) is 0 Å². The Labute approximate surface area is 309 Å². The van der Waals surface area contributed by atoms with Crippen molar-refractivity contribution >= 4 is 5.91 Å². The molecule has 0 aromatic heterocycles. The van der Waals surface area contributed by atoms with E-state index in [9.17, 15) is 35.4 Å². The van der Waals surface area contributed by atoms with E-state index in [0.29, 0.717) is 19.3 Å². The van der Waals surface area contributed by atoms with Crippen LogP contribution in [0.15, 0.2) is 36.0 Å². The average Bonchev–Trinajstić information content (AvgIpc) is 3.12. The first-order valence-electron chi connectivity index (χ1n) is 20.2. The summed E-state index contributed by atoms with van der Waals surface area (Å²) in [5.74, 6) is -0.636. The van der Waals surface area contributed by atoms with Crippen LogP contribution in [0.25, 0.3) is 0 Å². The van der Waals surface area contributed by atoms with Crippen molar-refractivity contribution in [2.45, 2.75) is 205 Å². The molecule has 1 heterocycles. The van der Waals surface area contributed by atoms with Gasteiger partial charge in [-0.15, -0.1) is 0 Å². The zero-order chi connectivity index (χ0) is 37.7. The van der Waals surface area contributed by atoms with Gasteiger partial charge in [-0.2, -0.15) is 0 Å². The Balaban J connectivity index is 2.62. The molecule has 7 N–H and O–H groups in total. The summed E-state index contributed by atoms with van der Waals surface area (Å²) in [6, 6.07) is -1.00. The second-order valence-corrected chi connectivity index (χ2v) is 14.4. The van der Waals surface area contributed by atoms with E-state index in [1.54, 1.807) is 6.08 Å². The monoisotopic (exact) mass is 726 g/mol. The van der Waals surface area contributed by atoms with Gasteiger partial charge in [-0.25, -0.2) is 0 Å². The molecule has 3 unspecified atom stereocenters. The molecule has 1 saturated heterocycles. The molecule has 0 aromatic rings. The van der Waals surface area contributed by atoms with Crippen LogP contribution in [0.3, 0.4) is 0 Å². The Bertz CT molecular complexity index is 940. The fraction of sp³-hybridized carbons (Fsp3) is 0.829. The molecule has 10 heteroatoms. The number of nitrogens with one attached hydrogen (secondary N) is 1. The highest BCUT2D eigenvalue weighted by Crippen LogP contribution is 2.22. The predicted molar refractivity (Wildman–Crippen MR) is 204 cm³/mol. The Morgan fingerprint density at radius 2 is 1.31 bits per heavy atom. The van der Waals surface area contributed by atoms with E-state index in [4.69, 9.17) is 9.47 Å². The number of unbranched alkanes of at least 4 members (excludes halogenated alkanes) is 17. The van der Waals surface area contributed by atoms with Crippen LogP contribution in [-0.4, -0.2) is 98.7 Å². The number of aliphatic hydroxyl groups excluding tert-OH is 6. The minimum absolute atomic E-state index is 0.300. The van der Waals surface area contributed by atoms with Crippen LogP contribution in [0.1, 0.15) is 156 Å². The minimum Gasteiger partial charge on any atom is -0.394 e. The minimum atomic E-state index is -1.62. The fourth-order valence-corrected chi connectivity index (χ4v) is 6.20. The normalized spacial score (nSPS) is 23.2. The molecule has 0 bridgehead atoms. The molecule has 0 radical (unpaired) electrons. The van der Waals surface area contributed by atoms with Crippen LogP contribution < -0.4 is 5.32 Å². The van der Waals surface area contributed by atoms with Crippen molar-refractivity contribution in [2.24, 2.45) is 0 Å². The molecule has 0 spiro atoms. The third-order valence-electron chi connectivity index (χ3n) is 9.65. The Morgan fingerprint density at radius 3 is 1.90 bits per heavy atom. The zero-order valence-electron chi connectivity index (χ0n) is 32.2. The van der Waals surface area contributed by atoms with E-state index in [1.165, 1.54) is 89.0 Å². The van der Waals surface area contributed by atoms with E-state index in [0.717, 1.165) is 32.1 Å². The lowest BCUT2D eigenvalue weighted by Gasteiger charge is -2.40. The SMILES string of the molecule is CCCCCCC/C=C/C(C)=C/CC/C=C/[C@@H](O)[C@H](CO[C@@H]1OC(CO)[C@@H](O)C(O)C1O)NC(=O)[C@H](O)CCCCCCCCCCCCCC. The van der Waals surface area contributed by atoms with Crippen LogP contribution in [0.5, 0.6) is 0 Å². The van der Waals surface area contributed by atoms with E-state index in [-0.39, 0.29) is 6.61 Å². The summed E-state index contributed by atoms with van der Waals surface area (Å²) < 4.78 is 11.1. The summed E-state index contributed by atoms with van der Waals surface area (Å²) in [6.45, 7) is 5.58. The van der Waals surface area contributed by atoms with Gasteiger partial charge >= 0.3 is 0 Å². The number of ether oxygens (including phenoxy) is 2. The van der Waals surface area contributed by atoms with E-state index < -0.39 is 61.5 Å². The summed E-state index contributed by atoms with van der Waals surface area (Å²) >= 11 is 0. The molecule has 10 nitrogen and oxygen atoms in total. The van der Waals surface area contributed by atoms with Crippen molar-refractivity contribution in [1.82, 2.24) is 5.32 Å². The summed E-state index contributed by atoms with van der Waals surface area (Å²) in [5.41, 5.74) is 1.18. The fourth-order valence-electron chi connectivity index (χ4n) is 6.20. The highest BCUT2D eigenvalue weighted by molar-refractivity contribution is 5.80. The van der Waals surface area contributed by atoms with Gasteiger partial charge in [-0.05, 0) is 39.0 Å². The Morgan fingerprint density at radius 1 is 0.745 bits per heavy atom. The summed E-state index contributed by atoms with van der Waals surface area (Å²) in [4.78, 5) is 13.0. The molecule has 0 saturated carbocycles. The molecule has 1 aliphatic heterocycles. The number of allylic oxidation sites excluding steroid dienone is 5. The van der Waals surface area contributed by atoms with Gasteiger partial charge in [0.15, 0.2) is 6.29 Å². The van der Waals surface area contributed by atoms with Crippen LogP contribution in [0, 0.1) is 0 Å². The lowest BCUT2D eigenvalue weighted by atomic mass is 9.99. The molecule has 0 aliphatic carbocycles. The van der Waals surface area contributed by atoms with Gasteiger partial charge in [0, 0.05) is 0 Å². The average molecular weight is 726 g/mol. The third-order valence-corrected chi connectivity index (χ3v) is 9.65. The number of aliphatic hydroxyl groups is 6. The standard InChI is InChI=1S/C41H75NO9/c1-4-6-8-10-12-13-14-15-16-18-20-24-29-35(45)40(49)42-33(31-50-41-39(48)38(47)37(46)36(30-43)51-41)34(44)28-25-21-23-27-32(3)26-22-19-17-11-9-7-5-2/h22,25-28,33-39,41,43-48H,4-21,23-24,29-31H2,1-3H3,(H,42,49)/b26-22+,28-25+,32-27+/t33-,34+,35+,36?,37+,38?,39?,41+/m0/s1. The lowest BCUT2D eigenvalue weighted by Crippen LogP contribution is -2.60. The molecule has 0 aromatic carbocycles. The molecule has 51 heavy (non-hydrogen) atoms. The maximum absolute atomic E-state index is 13.0. The third kappa shape index (κ3) is 22.2. The molecule has 1 rings (SSSR count). The maximum atomic E-state index is 13.0. The number of carbonyl (C=O) groups excluding carboxylic acids is 1. The number of amides is 1. The molecule has 1 amide bonds. The highest BCUT2D eigenvalue weighted by atomic mass is 16.7. The first-order chi connectivity index (χ1) is 24.7. The van der Waals surface area contributed by atoms with Crippen LogP contribution in [0.2, 0.25) is 0 Å². The maximum Gasteiger partial charge on any atom is 0.249 e. The van der Waals surface area contributed by atoms with Crippen LogP contribution in [-0.2, 0) is 14.3 Å². The predicted octanol–water partition coefficient (Wildman–Crippen LogP) is 6.30. The zero-order valence-corrected chi connectivity index (χ0v) is 32.2. The first-order valence-corrected chi connectivity index (χ1v) is 20.2. The largest absolute Gasteiger partial charge is 0.394 e. The van der Waals surface area contributed by atoms with E-state index in [1.807, 2.05) is 6.08 Å². The Hall–Kier alpha value is -1.63. The first kappa shape index (κ1) is 47.4. The van der Waals surface area contributed by atoms with Crippen LogP contribution in [0.4, 0.5) is 0 Å². The Kier molecular flexibility index (Phi) is 28.6. The van der Waals surface area contributed by atoms with Crippen molar-refractivity contribution in [2.75, 3.05) is 13.2 Å². The van der Waals surface area contributed by atoms with E-state index >= 15 is 0 Å². The van der Waals surface area contributed by atoms with Crippen molar-refractivity contribution < 1.29 is 44.9 Å². The molecular weight excluding hydrogens is 650 g/mol. The van der Waals surface area contributed by atoms with Gasteiger partial charge in [-0.3, -0.25) is 4.79 Å². The number of hydrogen-bond donors (Lipinski definition) is 7. The lowest BCUT2D eigenvalue weighted by molar-refractivity contribution is -0.302.